The average Bonchev–Trinajstić information content (AvgIpc) is 2.31. The molecule has 0 aliphatic carbocycles. The SMILES string of the molecule is Cl.O=c1c2c(sc3ccc(Cl)cc13)CCNC2. The molecule has 0 bridgehead atoms. The van der Waals surface area contributed by atoms with Gasteiger partial charge in [0.15, 0.2) is 5.43 Å². The minimum atomic E-state index is 0. The van der Waals surface area contributed by atoms with Gasteiger partial charge in [-0.05, 0) is 24.6 Å². The van der Waals surface area contributed by atoms with Crippen molar-refractivity contribution in [1.82, 2.24) is 5.32 Å². The van der Waals surface area contributed by atoms with Crippen LogP contribution in [0.3, 0.4) is 0 Å². The number of nitrogens with one attached hydrogen (secondary N) is 1. The van der Waals surface area contributed by atoms with E-state index in [-0.39, 0.29) is 17.8 Å². The lowest BCUT2D eigenvalue weighted by molar-refractivity contribution is 0.649. The summed E-state index contributed by atoms with van der Waals surface area (Å²) in [5, 5.41) is 4.61. The van der Waals surface area contributed by atoms with Gasteiger partial charge in [0.05, 0.1) is 0 Å². The van der Waals surface area contributed by atoms with Crippen LogP contribution in [0.4, 0.5) is 0 Å². The van der Waals surface area contributed by atoms with E-state index >= 15 is 0 Å². The minimum absolute atomic E-state index is 0. The summed E-state index contributed by atoms with van der Waals surface area (Å²) < 4.78 is 1.04. The normalized spacial score (nSPS) is 14.2. The number of hydrogen-bond donors (Lipinski definition) is 1. The topological polar surface area (TPSA) is 29.1 Å². The smallest absolute Gasteiger partial charge is 0.192 e. The van der Waals surface area contributed by atoms with Gasteiger partial charge in [-0.15, -0.1) is 23.7 Å². The van der Waals surface area contributed by atoms with Crippen molar-refractivity contribution >= 4 is 45.4 Å². The molecule has 0 radical (unpaired) electrons. The van der Waals surface area contributed by atoms with E-state index in [2.05, 4.69) is 5.32 Å². The maximum absolute atomic E-state index is 12.2. The highest BCUT2D eigenvalue weighted by Gasteiger charge is 2.15. The number of rotatable bonds is 0. The Kier molecular flexibility index (Phi) is 3.73. The van der Waals surface area contributed by atoms with Gasteiger partial charge in [0.1, 0.15) is 0 Å². The van der Waals surface area contributed by atoms with Crippen LogP contribution >= 0.6 is 35.3 Å². The van der Waals surface area contributed by atoms with Crippen LogP contribution in [0.15, 0.2) is 23.0 Å². The van der Waals surface area contributed by atoms with Gasteiger partial charge in [0.25, 0.3) is 0 Å². The summed E-state index contributed by atoms with van der Waals surface area (Å²) in [7, 11) is 0. The summed E-state index contributed by atoms with van der Waals surface area (Å²) in [6, 6.07) is 5.55. The van der Waals surface area contributed by atoms with E-state index in [1.165, 1.54) is 4.88 Å². The Morgan fingerprint density at radius 2 is 2.18 bits per heavy atom. The minimum Gasteiger partial charge on any atom is -0.312 e. The van der Waals surface area contributed by atoms with Crippen LogP contribution < -0.4 is 10.7 Å². The molecule has 1 aromatic carbocycles. The van der Waals surface area contributed by atoms with Crippen LogP contribution in [0, 0.1) is 0 Å². The van der Waals surface area contributed by atoms with Crippen molar-refractivity contribution in [2.75, 3.05) is 6.54 Å². The fourth-order valence-corrected chi connectivity index (χ4v) is 3.38. The summed E-state index contributed by atoms with van der Waals surface area (Å²) >= 11 is 7.64. The van der Waals surface area contributed by atoms with Gasteiger partial charge >= 0.3 is 0 Å². The number of hydrogen-bond acceptors (Lipinski definition) is 3. The van der Waals surface area contributed by atoms with Crippen molar-refractivity contribution in [3.63, 3.8) is 0 Å². The highest BCUT2D eigenvalue weighted by atomic mass is 35.5. The fraction of sp³-hybridized carbons (Fsp3) is 0.250. The first kappa shape index (κ1) is 12.8. The molecule has 2 heterocycles. The van der Waals surface area contributed by atoms with Crippen LogP contribution in [0.25, 0.3) is 10.1 Å². The molecule has 2 aromatic rings. The van der Waals surface area contributed by atoms with Crippen LogP contribution in [0.2, 0.25) is 5.02 Å². The zero-order valence-electron chi connectivity index (χ0n) is 8.96. The molecule has 3 rings (SSSR count). The van der Waals surface area contributed by atoms with Crippen molar-refractivity contribution in [3.05, 3.63) is 43.9 Å². The van der Waals surface area contributed by atoms with Crippen molar-refractivity contribution in [2.24, 2.45) is 0 Å². The first-order valence-electron chi connectivity index (χ1n) is 5.20. The molecule has 1 aliphatic heterocycles. The Hall–Kier alpha value is -0.610. The third-order valence-electron chi connectivity index (χ3n) is 2.86. The lowest BCUT2D eigenvalue weighted by Crippen LogP contribution is -2.28. The number of fused-ring (bicyclic) bond motifs is 2. The Labute approximate surface area is 114 Å². The molecule has 0 unspecified atom stereocenters. The second-order valence-electron chi connectivity index (χ2n) is 3.90. The van der Waals surface area contributed by atoms with Crippen molar-refractivity contribution < 1.29 is 0 Å². The molecular weight excluding hydrogens is 277 g/mol. The number of benzene rings is 1. The molecule has 0 spiro atoms. The molecule has 0 saturated heterocycles. The molecule has 1 N–H and O–H groups in total. The second kappa shape index (κ2) is 4.94. The number of halogens is 2. The van der Waals surface area contributed by atoms with Gasteiger partial charge in [-0.2, -0.15) is 0 Å². The molecular formula is C12H11Cl2NOS. The average molecular weight is 288 g/mol. The molecule has 0 amide bonds. The molecule has 90 valence electrons. The molecule has 2 nitrogen and oxygen atoms in total. The second-order valence-corrected chi connectivity index (χ2v) is 5.47. The van der Waals surface area contributed by atoms with Crippen LogP contribution in [-0.2, 0) is 13.0 Å². The zero-order chi connectivity index (χ0) is 11.1. The van der Waals surface area contributed by atoms with Crippen LogP contribution in [0.1, 0.15) is 10.4 Å². The molecule has 1 aromatic heterocycles. The summed E-state index contributed by atoms with van der Waals surface area (Å²) in [6.07, 6.45) is 0.952. The van der Waals surface area contributed by atoms with Gasteiger partial charge in [-0.1, -0.05) is 11.6 Å². The molecule has 0 saturated carbocycles. The highest BCUT2D eigenvalue weighted by molar-refractivity contribution is 7.18. The van der Waals surface area contributed by atoms with Gasteiger partial charge in [0.2, 0.25) is 0 Å². The molecule has 0 fully saturated rings. The van der Waals surface area contributed by atoms with E-state index in [9.17, 15) is 4.79 Å². The van der Waals surface area contributed by atoms with Crippen LogP contribution in [-0.4, -0.2) is 6.54 Å². The Balaban J connectivity index is 0.00000108. The molecule has 5 heteroatoms. The van der Waals surface area contributed by atoms with Crippen LogP contribution in [0.5, 0.6) is 0 Å². The van der Waals surface area contributed by atoms with Crippen molar-refractivity contribution in [2.45, 2.75) is 13.0 Å². The third kappa shape index (κ3) is 2.20. The maximum atomic E-state index is 12.2. The molecule has 1 aliphatic rings. The standard InChI is InChI=1S/C12H10ClNOS.ClH/c13-7-1-2-10-8(5-7)12(15)9-6-14-4-3-11(9)16-10;/h1-2,5,14H,3-4,6H2;1H. The highest BCUT2D eigenvalue weighted by Crippen LogP contribution is 2.26. The van der Waals surface area contributed by atoms with Crippen molar-refractivity contribution in [1.29, 1.82) is 0 Å². The van der Waals surface area contributed by atoms with Crippen molar-refractivity contribution in [3.8, 4) is 0 Å². The van der Waals surface area contributed by atoms with Gasteiger partial charge < -0.3 is 5.32 Å². The summed E-state index contributed by atoms with van der Waals surface area (Å²) in [4.78, 5) is 13.5. The summed E-state index contributed by atoms with van der Waals surface area (Å²) in [5.41, 5.74) is 1.06. The lowest BCUT2D eigenvalue weighted by atomic mass is 10.1. The lowest BCUT2D eigenvalue weighted by Gasteiger charge is -2.16. The summed E-state index contributed by atoms with van der Waals surface area (Å²) in [6.45, 7) is 1.65. The predicted molar refractivity (Wildman–Crippen MR) is 75.8 cm³/mol. The van der Waals surface area contributed by atoms with Gasteiger partial charge in [-0.3, -0.25) is 4.79 Å². The van der Waals surface area contributed by atoms with E-state index in [1.54, 1.807) is 17.4 Å². The zero-order valence-corrected chi connectivity index (χ0v) is 11.3. The largest absolute Gasteiger partial charge is 0.312 e. The Morgan fingerprint density at radius 1 is 1.35 bits per heavy atom. The first-order valence-corrected chi connectivity index (χ1v) is 6.40. The molecule has 17 heavy (non-hydrogen) atoms. The summed E-state index contributed by atoms with van der Waals surface area (Å²) in [5.74, 6) is 0. The predicted octanol–water partition coefficient (Wildman–Crippen LogP) is 2.98. The Bertz CT molecular complexity index is 624. The molecule has 0 atom stereocenters. The quantitative estimate of drug-likeness (QED) is 0.807. The monoisotopic (exact) mass is 287 g/mol. The third-order valence-corrected chi connectivity index (χ3v) is 4.37. The maximum Gasteiger partial charge on any atom is 0.192 e. The van der Waals surface area contributed by atoms with E-state index in [0.29, 0.717) is 11.6 Å². The fourth-order valence-electron chi connectivity index (χ4n) is 2.05. The van der Waals surface area contributed by atoms with Gasteiger partial charge in [-0.25, -0.2) is 0 Å². The van der Waals surface area contributed by atoms with E-state index in [4.69, 9.17) is 11.6 Å². The first-order chi connectivity index (χ1) is 7.75. The van der Waals surface area contributed by atoms with E-state index < -0.39 is 0 Å². The van der Waals surface area contributed by atoms with E-state index in [1.807, 2.05) is 12.1 Å². The van der Waals surface area contributed by atoms with Gasteiger partial charge in [0, 0.05) is 38.6 Å². The van der Waals surface area contributed by atoms with E-state index in [0.717, 1.165) is 28.6 Å². The Morgan fingerprint density at radius 3 is 3.00 bits per heavy atom.